The highest BCUT2D eigenvalue weighted by Crippen LogP contribution is 2.15. The summed E-state index contributed by atoms with van der Waals surface area (Å²) in [4.78, 5) is 31.5. The fraction of sp³-hybridized carbons (Fsp3) is 0.400. The van der Waals surface area contributed by atoms with E-state index in [2.05, 4.69) is 0 Å². The number of thiophene rings is 1. The standard InChI is InChI=1S/C20H27N3O2S/c1-4-12-22(20(25)21(2)3)16-19(24)23(15-18-11-8-13-26-18)14-17-9-6-5-7-10-17/h5-11,13H,4,12,14-16H2,1-3H3. The first kappa shape index (κ1) is 20.0. The first-order chi connectivity index (χ1) is 12.5. The molecule has 3 amide bonds. The van der Waals surface area contributed by atoms with Crippen molar-refractivity contribution in [1.82, 2.24) is 14.7 Å². The van der Waals surface area contributed by atoms with Gasteiger partial charge in [0, 0.05) is 32.1 Å². The molecule has 0 atom stereocenters. The molecule has 0 aliphatic rings. The minimum absolute atomic E-state index is 0.0362. The number of carbonyl (C=O) groups excluding carboxylic acids is 2. The summed E-state index contributed by atoms with van der Waals surface area (Å²) in [5.41, 5.74) is 1.08. The van der Waals surface area contributed by atoms with Crippen LogP contribution in [0.1, 0.15) is 23.8 Å². The molecule has 0 fully saturated rings. The van der Waals surface area contributed by atoms with E-state index < -0.39 is 0 Å². The van der Waals surface area contributed by atoms with Crippen LogP contribution in [0.4, 0.5) is 4.79 Å². The Morgan fingerprint density at radius 3 is 2.27 bits per heavy atom. The molecule has 0 radical (unpaired) electrons. The number of nitrogens with zero attached hydrogens (tertiary/aromatic N) is 3. The summed E-state index contributed by atoms with van der Waals surface area (Å²) in [5, 5.41) is 2.01. The molecule has 5 nitrogen and oxygen atoms in total. The fourth-order valence-corrected chi connectivity index (χ4v) is 3.40. The lowest BCUT2D eigenvalue weighted by atomic mass is 10.2. The van der Waals surface area contributed by atoms with Gasteiger partial charge in [0.1, 0.15) is 6.54 Å². The van der Waals surface area contributed by atoms with Gasteiger partial charge >= 0.3 is 6.03 Å². The van der Waals surface area contributed by atoms with E-state index in [-0.39, 0.29) is 18.5 Å². The van der Waals surface area contributed by atoms with Crippen molar-refractivity contribution in [3.8, 4) is 0 Å². The van der Waals surface area contributed by atoms with E-state index in [9.17, 15) is 9.59 Å². The Morgan fingerprint density at radius 1 is 0.962 bits per heavy atom. The first-order valence-corrected chi connectivity index (χ1v) is 9.69. The number of benzene rings is 1. The summed E-state index contributed by atoms with van der Waals surface area (Å²) in [7, 11) is 3.42. The summed E-state index contributed by atoms with van der Waals surface area (Å²) >= 11 is 1.64. The van der Waals surface area contributed by atoms with Crippen molar-refractivity contribution >= 4 is 23.3 Å². The molecular formula is C20H27N3O2S. The number of carbonyl (C=O) groups is 2. The second-order valence-electron chi connectivity index (χ2n) is 6.41. The van der Waals surface area contributed by atoms with Gasteiger partial charge in [-0.2, -0.15) is 0 Å². The maximum absolute atomic E-state index is 13.0. The van der Waals surface area contributed by atoms with Crippen LogP contribution in [0.3, 0.4) is 0 Å². The van der Waals surface area contributed by atoms with Gasteiger partial charge in [-0.15, -0.1) is 11.3 Å². The molecule has 0 saturated heterocycles. The van der Waals surface area contributed by atoms with Crippen LogP contribution in [0, 0.1) is 0 Å². The van der Waals surface area contributed by atoms with Gasteiger partial charge in [0.2, 0.25) is 5.91 Å². The van der Waals surface area contributed by atoms with Crippen LogP contribution in [0.25, 0.3) is 0 Å². The van der Waals surface area contributed by atoms with E-state index >= 15 is 0 Å². The van der Waals surface area contributed by atoms with Gasteiger partial charge in [-0.25, -0.2) is 4.79 Å². The Hall–Kier alpha value is -2.34. The molecule has 0 aliphatic carbocycles. The van der Waals surface area contributed by atoms with Crippen LogP contribution in [0.2, 0.25) is 0 Å². The zero-order chi connectivity index (χ0) is 18.9. The molecule has 1 aromatic heterocycles. The normalized spacial score (nSPS) is 10.4. The molecule has 2 rings (SSSR count). The second-order valence-corrected chi connectivity index (χ2v) is 7.45. The molecule has 140 valence electrons. The molecule has 6 heteroatoms. The Bertz CT molecular complexity index is 686. The molecule has 0 bridgehead atoms. The Balaban J connectivity index is 2.13. The molecule has 1 aromatic carbocycles. The van der Waals surface area contributed by atoms with Gasteiger partial charge in [0.25, 0.3) is 0 Å². The zero-order valence-corrected chi connectivity index (χ0v) is 16.5. The highest BCUT2D eigenvalue weighted by atomic mass is 32.1. The van der Waals surface area contributed by atoms with E-state index in [1.807, 2.05) is 59.7 Å². The lowest BCUT2D eigenvalue weighted by Gasteiger charge is -2.29. The van der Waals surface area contributed by atoms with Gasteiger partial charge in [-0.05, 0) is 23.4 Å². The van der Waals surface area contributed by atoms with Gasteiger partial charge in [-0.1, -0.05) is 43.3 Å². The number of amides is 3. The Morgan fingerprint density at radius 2 is 1.69 bits per heavy atom. The van der Waals surface area contributed by atoms with Crippen molar-refractivity contribution in [3.63, 3.8) is 0 Å². The molecule has 0 aliphatic heterocycles. The lowest BCUT2D eigenvalue weighted by molar-refractivity contribution is -0.133. The average molecular weight is 374 g/mol. The monoisotopic (exact) mass is 373 g/mol. The zero-order valence-electron chi connectivity index (χ0n) is 15.7. The highest BCUT2D eigenvalue weighted by Gasteiger charge is 2.22. The van der Waals surface area contributed by atoms with Crippen molar-refractivity contribution in [3.05, 3.63) is 58.3 Å². The summed E-state index contributed by atoms with van der Waals surface area (Å²) in [6.07, 6.45) is 0.816. The van der Waals surface area contributed by atoms with Crippen molar-refractivity contribution in [1.29, 1.82) is 0 Å². The van der Waals surface area contributed by atoms with E-state index in [0.717, 1.165) is 16.9 Å². The van der Waals surface area contributed by atoms with Crippen LogP contribution >= 0.6 is 11.3 Å². The average Bonchev–Trinajstić information content (AvgIpc) is 3.14. The van der Waals surface area contributed by atoms with Crippen LogP contribution in [0.15, 0.2) is 47.8 Å². The fourth-order valence-electron chi connectivity index (χ4n) is 2.69. The topological polar surface area (TPSA) is 43.9 Å². The summed E-state index contributed by atoms with van der Waals surface area (Å²) in [6, 6.07) is 13.8. The molecule has 0 spiro atoms. The maximum Gasteiger partial charge on any atom is 0.319 e. The van der Waals surface area contributed by atoms with E-state index in [1.165, 1.54) is 4.90 Å². The summed E-state index contributed by atoms with van der Waals surface area (Å²) in [5.74, 6) is -0.0362. The predicted octanol–water partition coefficient (Wildman–Crippen LogP) is 3.67. The summed E-state index contributed by atoms with van der Waals surface area (Å²) in [6.45, 7) is 3.77. The molecule has 1 heterocycles. The number of hydrogen-bond donors (Lipinski definition) is 0. The third kappa shape index (κ3) is 5.88. The SMILES string of the molecule is CCCN(CC(=O)N(Cc1ccccc1)Cc1cccs1)C(=O)N(C)C. The van der Waals surface area contributed by atoms with Crippen LogP contribution < -0.4 is 0 Å². The largest absolute Gasteiger partial charge is 0.332 e. The van der Waals surface area contributed by atoms with Crippen LogP contribution in [-0.2, 0) is 17.9 Å². The van der Waals surface area contributed by atoms with Crippen LogP contribution in [-0.4, -0.2) is 53.8 Å². The van der Waals surface area contributed by atoms with Crippen molar-refractivity contribution in [2.45, 2.75) is 26.4 Å². The van der Waals surface area contributed by atoms with Gasteiger partial charge in [-0.3, -0.25) is 4.79 Å². The van der Waals surface area contributed by atoms with Crippen molar-refractivity contribution < 1.29 is 9.59 Å². The number of rotatable bonds is 8. The number of urea groups is 1. The lowest BCUT2D eigenvalue weighted by Crippen LogP contribution is -2.46. The maximum atomic E-state index is 13.0. The first-order valence-electron chi connectivity index (χ1n) is 8.81. The molecule has 0 unspecified atom stereocenters. The minimum atomic E-state index is -0.129. The summed E-state index contributed by atoms with van der Waals surface area (Å²) < 4.78 is 0. The smallest absolute Gasteiger partial charge is 0.319 e. The molecule has 2 aromatic rings. The predicted molar refractivity (Wildman–Crippen MR) is 106 cm³/mol. The third-order valence-corrected chi connectivity index (χ3v) is 4.83. The minimum Gasteiger partial charge on any atom is -0.332 e. The van der Waals surface area contributed by atoms with E-state index in [1.54, 1.807) is 30.3 Å². The Labute approximate surface area is 159 Å². The third-order valence-electron chi connectivity index (χ3n) is 3.97. The number of hydrogen-bond acceptors (Lipinski definition) is 3. The quantitative estimate of drug-likeness (QED) is 0.709. The van der Waals surface area contributed by atoms with Crippen molar-refractivity contribution in [2.24, 2.45) is 0 Å². The molecular weight excluding hydrogens is 346 g/mol. The molecule has 0 N–H and O–H groups in total. The van der Waals surface area contributed by atoms with E-state index in [0.29, 0.717) is 19.6 Å². The van der Waals surface area contributed by atoms with E-state index in [4.69, 9.17) is 0 Å². The van der Waals surface area contributed by atoms with Gasteiger partial charge < -0.3 is 14.7 Å². The second kappa shape index (κ2) is 9.97. The molecule has 26 heavy (non-hydrogen) atoms. The van der Waals surface area contributed by atoms with Gasteiger partial charge in [0.15, 0.2) is 0 Å². The van der Waals surface area contributed by atoms with Gasteiger partial charge in [0.05, 0.1) is 6.54 Å². The Kier molecular flexibility index (Phi) is 7.66. The highest BCUT2D eigenvalue weighted by molar-refractivity contribution is 7.09. The van der Waals surface area contributed by atoms with Crippen LogP contribution in [0.5, 0.6) is 0 Å². The van der Waals surface area contributed by atoms with Crippen molar-refractivity contribution in [2.75, 3.05) is 27.2 Å². The molecule has 0 saturated carbocycles.